The van der Waals surface area contributed by atoms with Crippen LogP contribution in [0.5, 0.6) is 5.75 Å². The summed E-state index contributed by atoms with van der Waals surface area (Å²) in [4.78, 5) is 24.4. The summed E-state index contributed by atoms with van der Waals surface area (Å²) in [6.45, 7) is 0.822. The Kier molecular flexibility index (Phi) is 4.13. The molecule has 0 aliphatic carbocycles. The molecule has 1 aromatic carbocycles. The molecular formula is C16H17F2N3O3. The summed E-state index contributed by atoms with van der Waals surface area (Å²) < 4.78 is 30.8. The molecule has 1 aliphatic heterocycles. The van der Waals surface area contributed by atoms with Crippen molar-refractivity contribution in [2.45, 2.75) is 38.8 Å². The quantitative estimate of drug-likeness (QED) is 0.901. The van der Waals surface area contributed by atoms with E-state index in [4.69, 9.17) is 0 Å². The molecule has 1 aromatic heterocycles. The number of amides is 1. The van der Waals surface area contributed by atoms with Gasteiger partial charge in [-0.2, -0.15) is 8.78 Å². The number of hydrogen-bond acceptors (Lipinski definition) is 3. The molecule has 0 unspecified atom stereocenters. The Labute approximate surface area is 136 Å². The highest BCUT2D eigenvalue weighted by Crippen LogP contribution is 2.36. The van der Waals surface area contributed by atoms with Gasteiger partial charge in [-0.15, -0.1) is 0 Å². The molecular weight excluding hydrogens is 320 g/mol. The first-order valence-electron chi connectivity index (χ1n) is 7.56. The van der Waals surface area contributed by atoms with Gasteiger partial charge in [-0.1, -0.05) is 12.1 Å². The van der Waals surface area contributed by atoms with Crippen molar-refractivity contribution in [3.63, 3.8) is 0 Å². The van der Waals surface area contributed by atoms with Crippen LogP contribution in [0.4, 0.5) is 14.6 Å². The Balaban J connectivity index is 2.08. The number of rotatable bonds is 4. The van der Waals surface area contributed by atoms with E-state index in [0.29, 0.717) is 16.9 Å². The van der Waals surface area contributed by atoms with E-state index in [0.717, 1.165) is 0 Å². The van der Waals surface area contributed by atoms with Crippen molar-refractivity contribution >= 4 is 11.7 Å². The molecule has 128 valence electrons. The van der Waals surface area contributed by atoms with Crippen LogP contribution in [0.1, 0.15) is 43.4 Å². The molecule has 2 N–H and O–H groups in total. The third-order valence-electron chi connectivity index (χ3n) is 3.96. The van der Waals surface area contributed by atoms with Crippen molar-refractivity contribution in [3.05, 3.63) is 45.7 Å². The average molecular weight is 337 g/mol. The highest BCUT2D eigenvalue weighted by Gasteiger charge is 2.33. The fourth-order valence-corrected chi connectivity index (χ4v) is 2.96. The van der Waals surface area contributed by atoms with Crippen molar-refractivity contribution in [1.82, 2.24) is 9.78 Å². The number of H-pyrrole nitrogens is 1. The summed E-state index contributed by atoms with van der Waals surface area (Å²) in [7, 11) is 0. The molecule has 0 bridgehead atoms. The van der Waals surface area contributed by atoms with Crippen molar-refractivity contribution in [1.29, 1.82) is 0 Å². The maximum atomic E-state index is 12.4. The number of ether oxygens (including phenoxy) is 1. The smallest absolute Gasteiger partial charge is 0.387 e. The van der Waals surface area contributed by atoms with Crippen LogP contribution < -0.4 is 15.6 Å². The fourth-order valence-electron chi connectivity index (χ4n) is 2.96. The maximum absolute atomic E-state index is 12.4. The predicted molar refractivity (Wildman–Crippen MR) is 83.6 cm³/mol. The molecule has 24 heavy (non-hydrogen) atoms. The first-order valence-corrected chi connectivity index (χ1v) is 7.56. The number of carbonyl (C=O) groups excluding carboxylic acids is 1. The van der Waals surface area contributed by atoms with Gasteiger partial charge in [0.15, 0.2) is 0 Å². The summed E-state index contributed by atoms with van der Waals surface area (Å²) >= 11 is 0. The number of aromatic nitrogens is 2. The summed E-state index contributed by atoms with van der Waals surface area (Å²) in [5, 5.41) is 5.44. The third-order valence-corrected chi connectivity index (χ3v) is 3.96. The van der Waals surface area contributed by atoms with E-state index in [2.05, 4.69) is 15.2 Å². The molecule has 8 heteroatoms. The first kappa shape index (κ1) is 16.2. The van der Waals surface area contributed by atoms with E-state index in [1.54, 1.807) is 16.8 Å². The molecule has 6 nitrogen and oxygen atoms in total. The molecule has 1 atom stereocenters. The van der Waals surface area contributed by atoms with Gasteiger partial charge in [0.25, 0.3) is 5.56 Å². The third kappa shape index (κ3) is 2.91. The maximum Gasteiger partial charge on any atom is 0.387 e. The molecule has 2 heterocycles. The second kappa shape index (κ2) is 6.10. The summed E-state index contributed by atoms with van der Waals surface area (Å²) in [5.41, 5.74) is 0.706. The monoisotopic (exact) mass is 337 g/mol. The number of anilines is 1. The summed E-state index contributed by atoms with van der Waals surface area (Å²) in [6.07, 6.45) is 0.0658. The lowest BCUT2D eigenvalue weighted by molar-refractivity contribution is -0.116. The highest BCUT2D eigenvalue weighted by atomic mass is 19.3. The van der Waals surface area contributed by atoms with Crippen LogP contribution in [0.25, 0.3) is 0 Å². The lowest BCUT2D eigenvalue weighted by Gasteiger charge is -2.24. The lowest BCUT2D eigenvalue weighted by atomic mass is 9.87. The van der Waals surface area contributed by atoms with Gasteiger partial charge >= 0.3 is 6.61 Å². The van der Waals surface area contributed by atoms with E-state index in [1.165, 1.54) is 12.1 Å². The molecule has 1 amide bonds. The van der Waals surface area contributed by atoms with Crippen LogP contribution in [-0.2, 0) is 4.79 Å². The largest absolute Gasteiger partial charge is 0.435 e. The van der Waals surface area contributed by atoms with E-state index >= 15 is 0 Å². The minimum absolute atomic E-state index is 0.00486. The number of fused-ring (bicyclic) bond motifs is 1. The van der Waals surface area contributed by atoms with Gasteiger partial charge in [-0.3, -0.25) is 19.4 Å². The molecule has 1 aliphatic rings. The number of benzene rings is 1. The molecule has 0 saturated carbocycles. The van der Waals surface area contributed by atoms with Gasteiger partial charge in [-0.25, -0.2) is 0 Å². The summed E-state index contributed by atoms with van der Waals surface area (Å²) in [6, 6.07) is 6.05. The molecule has 0 saturated heterocycles. The topological polar surface area (TPSA) is 76.1 Å². The van der Waals surface area contributed by atoms with E-state index in [1.807, 2.05) is 13.8 Å². The minimum Gasteiger partial charge on any atom is -0.435 e. The first-order chi connectivity index (χ1) is 11.4. The molecule has 0 radical (unpaired) electrons. The predicted octanol–water partition coefficient (Wildman–Crippen LogP) is 2.83. The minimum atomic E-state index is -2.93. The zero-order valence-corrected chi connectivity index (χ0v) is 13.2. The molecule has 0 spiro atoms. The number of halogens is 2. The van der Waals surface area contributed by atoms with E-state index < -0.39 is 12.5 Å². The Morgan fingerprint density at radius 2 is 2.04 bits per heavy atom. The highest BCUT2D eigenvalue weighted by molar-refractivity contribution is 5.94. The number of carbonyl (C=O) groups is 1. The SMILES string of the molecule is CC(C)n1[nH]c(=O)c2c1NC(=O)C[C@H]2c1cccc(OC(F)F)c1. The fraction of sp³-hybridized carbons (Fsp3) is 0.375. The summed E-state index contributed by atoms with van der Waals surface area (Å²) in [5.74, 6) is -0.328. The van der Waals surface area contributed by atoms with E-state index in [9.17, 15) is 18.4 Å². The van der Waals surface area contributed by atoms with Gasteiger partial charge < -0.3 is 10.1 Å². The van der Waals surface area contributed by atoms with Crippen LogP contribution in [0.15, 0.2) is 29.1 Å². The van der Waals surface area contributed by atoms with Crippen LogP contribution in [0.3, 0.4) is 0 Å². The normalized spacial score (nSPS) is 17.1. The van der Waals surface area contributed by atoms with Gasteiger partial charge in [-0.05, 0) is 31.5 Å². The van der Waals surface area contributed by atoms with E-state index in [-0.39, 0.29) is 29.7 Å². The van der Waals surface area contributed by atoms with Crippen molar-refractivity contribution in [3.8, 4) is 5.75 Å². The van der Waals surface area contributed by atoms with Crippen LogP contribution in [-0.4, -0.2) is 22.3 Å². The molecule has 0 fully saturated rings. The van der Waals surface area contributed by atoms with Crippen LogP contribution in [0, 0.1) is 0 Å². The lowest BCUT2D eigenvalue weighted by Crippen LogP contribution is -2.27. The Morgan fingerprint density at radius 3 is 2.71 bits per heavy atom. The standard InChI is InChI=1S/C16H17F2N3O3/c1-8(2)21-14-13(15(23)20-21)11(7-12(22)19-14)9-4-3-5-10(6-9)24-16(17)18/h3-6,8,11,16H,7H2,1-2H3,(H,19,22)(H,20,23)/t11-/m0/s1. The zero-order valence-electron chi connectivity index (χ0n) is 13.2. The number of aromatic amines is 1. The number of nitrogens with one attached hydrogen (secondary N) is 2. The second-order valence-electron chi connectivity index (χ2n) is 5.92. The average Bonchev–Trinajstić information content (AvgIpc) is 2.83. The number of hydrogen-bond donors (Lipinski definition) is 2. The van der Waals surface area contributed by atoms with Crippen LogP contribution >= 0.6 is 0 Å². The zero-order chi connectivity index (χ0) is 17.4. The van der Waals surface area contributed by atoms with Gasteiger partial charge in [0, 0.05) is 18.4 Å². The van der Waals surface area contributed by atoms with Crippen molar-refractivity contribution < 1.29 is 18.3 Å². The molecule has 3 rings (SSSR count). The van der Waals surface area contributed by atoms with Gasteiger partial charge in [0.05, 0.1) is 5.56 Å². The Morgan fingerprint density at radius 1 is 1.29 bits per heavy atom. The number of alkyl halides is 2. The Bertz CT molecular complexity index is 826. The second-order valence-corrected chi connectivity index (χ2v) is 5.92. The van der Waals surface area contributed by atoms with Crippen molar-refractivity contribution in [2.75, 3.05) is 5.32 Å². The van der Waals surface area contributed by atoms with Crippen molar-refractivity contribution in [2.24, 2.45) is 0 Å². The Hall–Kier alpha value is -2.64. The van der Waals surface area contributed by atoms with Crippen LogP contribution in [0.2, 0.25) is 0 Å². The molecule has 2 aromatic rings. The number of nitrogens with zero attached hydrogens (tertiary/aromatic N) is 1. The van der Waals surface area contributed by atoms with Gasteiger partial charge in [0.1, 0.15) is 11.6 Å². The van der Waals surface area contributed by atoms with Gasteiger partial charge in [0.2, 0.25) is 5.91 Å².